The Morgan fingerprint density at radius 3 is 2.45 bits per heavy atom. The third kappa shape index (κ3) is 3.52. The molecular weight excluding hydrogens is 287 g/mol. The van der Waals surface area contributed by atoms with Crippen molar-refractivity contribution in [1.82, 2.24) is 4.98 Å². The van der Waals surface area contributed by atoms with Crippen LogP contribution in [0.25, 0.3) is 0 Å². The van der Waals surface area contributed by atoms with Gasteiger partial charge in [0.05, 0.1) is 12.2 Å². The van der Waals surface area contributed by atoms with E-state index in [2.05, 4.69) is 4.98 Å². The summed E-state index contributed by atoms with van der Waals surface area (Å²) in [4.78, 5) is 4.72. The van der Waals surface area contributed by atoms with Crippen molar-refractivity contribution in [2.24, 2.45) is 0 Å². The van der Waals surface area contributed by atoms with Crippen LogP contribution >= 0.6 is 11.8 Å². The lowest BCUT2D eigenvalue weighted by Crippen LogP contribution is -2.05. The molecule has 2 aromatic rings. The fraction of sp³-hybridized carbons (Fsp3) is 0.214. The highest BCUT2D eigenvalue weighted by atomic mass is 32.2. The summed E-state index contributed by atoms with van der Waals surface area (Å²) in [6, 6.07) is 7.82. The lowest BCUT2D eigenvalue weighted by atomic mass is 10.1. The number of aromatic nitrogens is 1. The van der Waals surface area contributed by atoms with E-state index in [0.717, 1.165) is 28.3 Å². The Bertz CT molecular complexity index is 596. The molecule has 0 aliphatic rings. The van der Waals surface area contributed by atoms with Crippen LogP contribution in [-0.2, 0) is 12.8 Å². The average Bonchev–Trinajstić information content (AvgIpc) is 2.40. The molecule has 2 nitrogen and oxygen atoms in total. The van der Waals surface area contributed by atoms with Crippen LogP contribution in [0.1, 0.15) is 16.7 Å². The van der Waals surface area contributed by atoms with Crippen LogP contribution in [0.2, 0.25) is 0 Å². The zero-order chi connectivity index (χ0) is 14.8. The molecule has 0 saturated heterocycles. The van der Waals surface area contributed by atoms with E-state index in [0.29, 0.717) is 5.03 Å². The molecule has 0 saturated carbocycles. The summed E-state index contributed by atoms with van der Waals surface area (Å²) in [7, 11) is 0. The van der Waals surface area contributed by atoms with E-state index >= 15 is 0 Å². The normalized spacial score (nSPS) is 11.7. The minimum Gasteiger partial charge on any atom is -0.392 e. The maximum absolute atomic E-state index is 12.4. The lowest BCUT2D eigenvalue weighted by Gasteiger charge is -2.08. The van der Waals surface area contributed by atoms with Crippen molar-refractivity contribution in [2.75, 3.05) is 0 Å². The quantitative estimate of drug-likeness (QED) is 0.928. The van der Waals surface area contributed by atoms with Crippen molar-refractivity contribution < 1.29 is 18.3 Å². The van der Waals surface area contributed by atoms with Gasteiger partial charge in [0.25, 0.3) is 0 Å². The second-order valence-electron chi connectivity index (χ2n) is 4.24. The second kappa shape index (κ2) is 5.85. The molecule has 0 spiro atoms. The molecule has 1 aromatic heterocycles. The number of pyridine rings is 1. The molecule has 0 fully saturated rings. The standard InChI is InChI=1S/C14H12F3NOS/c1-9-6-10(8-19)2-4-12(9)20-13-5-3-11(7-18-13)14(15,16)17/h2-7,19H,8H2,1H3. The summed E-state index contributed by atoms with van der Waals surface area (Å²) in [5, 5.41) is 9.52. The summed E-state index contributed by atoms with van der Waals surface area (Å²) in [6.07, 6.45) is -3.53. The number of benzene rings is 1. The number of aryl methyl sites for hydroxylation is 1. The predicted octanol–water partition coefficient (Wildman–Crippen LogP) is 4.05. The van der Waals surface area contributed by atoms with Crippen molar-refractivity contribution >= 4 is 11.8 Å². The van der Waals surface area contributed by atoms with E-state index in [1.54, 1.807) is 6.07 Å². The first-order chi connectivity index (χ1) is 9.40. The topological polar surface area (TPSA) is 33.1 Å². The minimum atomic E-state index is -4.37. The van der Waals surface area contributed by atoms with Gasteiger partial charge in [-0.15, -0.1) is 0 Å². The Labute approximate surface area is 118 Å². The highest BCUT2D eigenvalue weighted by Crippen LogP contribution is 2.32. The zero-order valence-electron chi connectivity index (χ0n) is 10.6. The second-order valence-corrected chi connectivity index (χ2v) is 5.31. The van der Waals surface area contributed by atoms with Crippen LogP contribution < -0.4 is 0 Å². The third-order valence-electron chi connectivity index (χ3n) is 2.70. The third-order valence-corrected chi connectivity index (χ3v) is 3.83. The summed E-state index contributed by atoms with van der Waals surface area (Å²) in [6.45, 7) is 1.84. The zero-order valence-corrected chi connectivity index (χ0v) is 11.4. The highest BCUT2D eigenvalue weighted by molar-refractivity contribution is 7.99. The van der Waals surface area contributed by atoms with Gasteiger partial charge in [-0.3, -0.25) is 0 Å². The van der Waals surface area contributed by atoms with Crippen LogP contribution in [0.15, 0.2) is 46.5 Å². The molecule has 1 aromatic carbocycles. The van der Waals surface area contributed by atoms with Crippen molar-refractivity contribution in [2.45, 2.75) is 29.6 Å². The Morgan fingerprint density at radius 1 is 1.20 bits per heavy atom. The number of nitrogens with zero attached hydrogens (tertiary/aromatic N) is 1. The van der Waals surface area contributed by atoms with Gasteiger partial charge in [-0.2, -0.15) is 13.2 Å². The fourth-order valence-electron chi connectivity index (χ4n) is 1.65. The molecule has 2 rings (SSSR count). The summed E-state index contributed by atoms with van der Waals surface area (Å²) in [5.41, 5.74) is 0.990. The first kappa shape index (κ1) is 14.9. The average molecular weight is 299 g/mol. The lowest BCUT2D eigenvalue weighted by molar-refractivity contribution is -0.137. The van der Waals surface area contributed by atoms with Gasteiger partial charge in [0, 0.05) is 11.1 Å². The fourth-order valence-corrected chi connectivity index (χ4v) is 2.47. The Morgan fingerprint density at radius 2 is 1.95 bits per heavy atom. The molecule has 0 bridgehead atoms. The maximum atomic E-state index is 12.4. The summed E-state index contributed by atoms with van der Waals surface area (Å²) in [5.74, 6) is 0. The van der Waals surface area contributed by atoms with Gasteiger partial charge in [0.2, 0.25) is 0 Å². The number of aliphatic hydroxyl groups is 1. The first-order valence-corrected chi connectivity index (χ1v) is 6.63. The molecule has 6 heteroatoms. The van der Waals surface area contributed by atoms with Crippen LogP contribution in [0.3, 0.4) is 0 Å². The minimum absolute atomic E-state index is 0.0374. The number of hydrogen-bond acceptors (Lipinski definition) is 3. The van der Waals surface area contributed by atoms with E-state index in [4.69, 9.17) is 5.11 Å². The van der Waals surface area contributed by atoms with Crippen LogP contribution in [0, 0.1) is 6.92 Å². The van der Waals surface area contributed by atoms with E-state index in [1.165, 1.54) is 17.8 Å². The Kier molecular flexibility index (Phi) is 4.35. The molecule has 20 heavy (non-hydrogen) atoms. The summed E-state index contributed by atoms with van der Waals surface area (Å²) >= 11 is 1.29. The van der Waals surface area contributed by atoms with E-state index < -0.39 is 11.7 Å². The molecule has 0 radical (unpaired) electrons. The SMILES string of the molecule is Cc1cc(CO)ccc1Sc1ccc(C(F)(F)F)cn1. The first-order valence-electron chi connectivity index (χ1n) is 5.81. The molecule has 1 heterocycles. The van der Waals surface area contributed by atoms with Crippen LogP contribution in [0.5, 0.6) is 0 Å². The number of hydrogen-bond donors (Lipinski definition) is 1. The largest absolute Gasteiger partial charge is 0.417 e. The summed E-state index contributed by atoms with van der Waals surface area (Å²) < 4.78 is 37.3. The molecule has 0 aliphatic carbocycles. The van der Waals surface area contributed by atoms with Gasteiger partial charge in [0.15, 0.2) is 0 Å². The van der Waals surface area contributed by atoms with Gasteiger partial charge < -0.3 is 5.11 Å². The maximum Gasteiger partial charge on any atom is 0.417 e. The van der Waals surface area contributed by atoms with Gasteiger partial charge in [-0.05, 0) is 36.2 Å². The molecular formula is C14H12F3NOS. The highest BCUT2D eigenvalue weighted by Gasteiger charge is 2.30. The Balaban J connectivity index is 2.18. The monoisotopic (exact) mass is 299 g/mol. The van der Waals surface area contributed by atoms with Crippen LogP contribution in [-0.4, -0.2) is 10.1 Å². The van der Waals surface area contributed by atoms with Crippen molar-refractivity contribution in [3.8, 4) is 0 Å². The predicted molar refractivity (Wildman–Crippen MR) is 70.5 cm³/mol. The molecule has 0 amide bonds. The number of alkyl halides is 3. The number of aliphatic hydroxyl groups excluding tert-OH is 1. The smallest absolute Gasteiger partial charge is 0.392 e. The van der Waals surface area contributed by atoms with Crippen molar-refractivity contribution in [3.63, 3.8) is 0 Å². The van der Waals surface area contributed by atoms with Gasteiger partial charge in [-0.1, -0.05) is 23.9 Å². The molecule has 106 valence electrons. The molecule has 0 unspecified atom stereocenters. The van der Waals surface area contributed by atoms with Gasteiger partial charge >= 0.3 is 6.18 Å². The molecule has 0 atom stereocenters. The van der Waals surface area contributed by atoms with Crippen molar-refractivity contribution in [1.29, 1.82) is 0 Å². The van der Waals surface area contributed by atoms with Gasteiger partial charge in [0.1, 0.15) is 5.03 Å². The number of rotatable bonds is 3. The molecule has 1 N–H and O–H groups in total. The van der Waals surface area contributed by atoms with E-state index in [9.17, 15) is 13.2 Å². The van der Waals surface area contributed by atoms with E-state index in [1.807, 2.05) is 19.1 Å². The van der Waals surface area contributed by atoms with E-state index in [-0.39, 0.29) is 6.61 Å². The molecule has 0 aliphatic heterocycles. The Hall–Kier alpha value is -1.53. The number of halogens is 3. The van der Waals surface area contributed by atoms with Crippen LogP contribution in [0.4, 0.5) is 13.2 Å². The van der Waals surface area contributed by atoms with Crippen molar-refractivity contribution in [3.05, 3.63) is 53.2 Å². The van der Waals surface area contributed by atoms with Gasteiger partial charge in [-0.25, -0.2) is 4.98 Å².